The van der Waals surface area contributed by atoms with E-state index in [0.717, 1.165) is 39.7 Å². The first kappa shape index (κ1) is 19.6. The van der Waals surface area contributed by atoms with Gasteiger partial charge in [-0.1, -0.05) is 30.3 Å². The Bertz CT molecular complexity index is 1180. The number of nitrogens with one attached hydrogen (secondary N) is 1. The number of nitrogens with zero attached hydrogens (tertiary/aromatic N) is 2. The Hall–Kier alpha value is -2.67. The highest BCUT2D eigenvalue weighted by molar-refractivity contribution is 7.90. The van der Waals surface area contributed by atoms with Gasteiger partial charge in [0.2, 0.25) is 0 Å². The van der Waals surface area contributed by atoms with Crippen LogP contribution in [0.2, 0.25) is 0 Å². The van der Waals surface area contributed by atoms with Gasteiger partial charge in [-0.15, -0.1) is 0 Å². The smallest absolute Gasteiger partial charge is 0.254 e. The first-order chi connectivity index (χ1) is 13.7. The molecular weight excluding hydrogens is 386 g/mol. The van der Waals surface area contributed by atoms with Crippen LogP contribution in [0.1, 0.15) is 28.2 Å². The van der Waals surface area contributed by atoms with Crippen LogP contribution in [-0.4, -0.2) is 54.5 Å². The zero-order valence-electron chi connectivity index (χ0n) is 16.9. The van der Waals surface area contributed by atoms with Crippen molar-refractivity contribution in [3.8, 4) is 11.1 Å². The van der Waals surface area contributed by atoms with E-state index in [4.69, 9.17) is 0 Å². The second-order valence-electron chi connectivity index (χ2n) is 8.01. The molecule has 1 aromatic heterocycles. The average Bonchev–Trinajstić information content (AvgIpc) is 3.25. The van der Waals surface area contributed by atoms with Gasteiger partial charge in [0.1, 0.15) is 9.84 Å². The van der Waals surface area contributed by atoms with Crippen LogP contribution in [0.15, 0.2) is 36.4 Å². The summed E-state index contributed by atoms with van der Waals surface area (Å²) in [6.07, 6.45) is 1.98. The predicted octanol–water partition coefficient (Wildman–Crippen LogP) is 3.35. The lowest BCUT2D eigenvalue weighted by Gasteiger charge is -2.18. The van der Waals surface area contributed by atoms with Crippen molar-refractivity contribution < 1.29 is 13.2 Å². The largest absolute Gasteiger partial charge is 0.338 e. The molecule has 0 saturated carbocycles. The lowest BCUT2D eigenvalue weighted by molar-refractivity contribution is 0.0790. The molecule has 0 spiro atoms. The van der Waals surface area contributed by atoms with Gasteiger partial charge in [0.15, 0.2) is 0 Å². The third-order valence-electron chi connectivity index (χ3n) is 5.66. The Morgan fingerprint density at radius 1 is 1.17 bits per heavy atom. The quantitative estimate of drug-likeness (QED) is 0.714. The van der Waals surface area contributed by atoms with E-state index in [2.05, 4.69) is 16.3 Å². The molecule has 0 radical (unpaired) electrons. The molecule has 3 aromatic rings. The number of amides is 1. The Kier molecular flexibility index (Phi) is 4.94. The Morgan fingerprint density at radius 3 is 2.59 bits per heavy atom. The van der Waals surface area contributed by atoms with Gasteiger partial charge >= 0.3 is 0 Å². The number of benzene rings is 2. The third-order valence-corrected chi connectivity index (χ3v) is 6.74. The highest BCUT2D eigenvalue weighted by atomic mass is 32.2. The summed E-state index contributed by atoms with van der Waals surface area (Å²) in [5.41, 5.74) is 4.69. The zero-order valence-corrected chi connectivity index (χ0v) is 17.7. The normalized spacial score (nSPS) is 17.2. The molecule has 4 rings (SSSR count). The SMILES string of the molecule is Cc1n[nH]c(C)c1-c1cccc2c(C(=O)N3CCC(CS(C)(=O)=O)C3)cccc12. The van der Waals surface area contributed by atoms with Crippen LogP contribution in [0.3, 0.4) is 0 Å². The zero-order chi connectivity index (χ0) is 20.8. The number of rotatable bonds is 4. The number of likely N-dealkylation sites (tertiary alicyclic amines) is 1. The van der Waals surface area contributed by atoms with Gasteiger partial charge in [0.25, 0.3) is 5.91 Å². The minimum Gasteiger partial charge on any atom is -0.338 e. The van der Waals surface area contributed by atoms with Crippen LogP contribution < -0.4 is 0 Å². The van der Waals surface area contributed by atoms with E-state index < -0.39 is 9.84 Å². The molecule has 29 heavy (non-hydrogen) atoms. The van der Waals surface area contributed by atoms with Crippen molar-refractivity contribution in [1.29, 1.82) is 0 Å². The fraction of sp³-hybridized carbons (Fsp3) is 0.364. The number of aromatic amines is 1. The van der Waals surface area contributed by atoms with Gasteiger partial charge in [-0.25, -0.2) is 8.42 Å². The maximum Gasteiger partial charge on any atom is 0.254 e. The predicted molar refractivity (Wildman–Crippen MR) is 115 cm³/mol. The first-order valence-corrected chi connectivity index (χ1v) is 11.8. The van der Waals surface area contributed by atoms with Gasteiger partial charge in [-0.2, -0.15) is 5.10 Å². The van der Waals surface area contributed by atoms with Crippen molar-refractivity contribution in [2.24, 2.45) is 5.92 Å². The Labute approximate surface area is 170 Å². The molecule has 0 aliphatic carbocycles. The fourth-order valence-corrected chi connectivity index (χ4v) is 5.54. The summed E-state index contributed by atoms with van der Waals surface area (Å²) < 4.78 is 23.2. The van der Waals surface area contributed by atoms with E-state index in [9.17, 15) is 13.2 Å². The van der Waals surface area contributed by atoms with Gasteiger partial charge in [-0.05, 0) is 48.6 Å². The molecule has 1 aliphatic rings. The summed E-state index contributed by atoms with van der Waals surface area (Å²) in [6, 6.07) is 11.8. The molecule has 2 aromatic carbocycles. The van der Waals surface area contributed by atoms with Crippen LogP contribution >= 0.6 is 0 Å². The Morgan fingerprint density at radius 2 is 1.90 bits per heavy atom. The van der Waals surface area contributed by atoms with Gasteiger partial charge < -0.3 is 4.90 Å². The molecule has 1 fully saturated rings. The first-order valence-electron chi connectivity index (χ1n) is 9.75. The number of H-pyrrole nitrogens is 1. The topological polar surface area (TPSA) is 83.1 Å². The summed E-state index contributed by atoms with van der Waals surface area (Å²) in [5.74, 6) is 0.107. The van der Waals surface area contributed by atoms with Crippen LogP contribution in [0.4, 0.5) is 0 Å². The standard InChI is InChI=1S/C22H25N3O3S/c1-14-21(15(2)24-23-14)19-8-4-7-18-17(19)6-5-9-20(18)22(26)25-11-10-16(12-25)13-29(3,27)28/h4-9,16H,10-13H2,1-3H3,(H,23,24). The van der Waals surface area contributed by atoms with Crippen LogP contribution in [0, 0.1) is 19.8 Å². The molecule has 1 saturated heterocycles. The van der Waals surface area contributed by atoms with Gasteiger partial charge in [0, 0.05) is 36.2 Å². The molecule has 1 amide bonds. The van der Waals surface area contributed by atoms with Crippen molar-refractivity contribution in [2.75, 3.05) is 25.1 Å². The monoisotopic (exact) mass is 411 g/mol. The van der Waals surface area contributed by atoms with Crippen molar-refractivity contribution in [3.05, 3.63) is 53.3 Å². The van der Waals surface area contributed by atoms with Crippen LogP contribution in [0.25, 0.3) is 21.9 Å². The molecule has 1 aliphatic heterocycles. The number of hydrogen-bond donors (Lipinski definition) is 1. The summed E-state index contributed by atoms with van der Waals surface area (Å²) >= 11 is 0. The van der Waals surface area contributed by atoms with Gasteiger partial charge in [0.05, 0.1) is 11.4 Å². The highest BCUT2D eigenvalue weighted by Crippen LogP contribution is 2.34. The van der Waals surface area contributed by atoms with E-state index in [1.807, 2.05) is 44.2 Å². The highest BCUT2D eigenvalue weighted by Gasteiger charge is 2.30. The third kappa shape index (κ3) is 3.79. The van der Waals surface area contributed by atoms with E-state index in [1.165, 1.54) is 6.26 Å². The number of carbonyl (C=O) groups excluding carboxylic acids is 1. The molecule has 1 atom stereocenters. The summed E-state index contributed by atoms with van der Waals surface area (Å²) in [6.45, 7) is 5.05. The number of hydrogen-bond acceptors (Lipinski definition) is 4. The summed E-state index contributed by atoms with van der Waals surface area (Å²) in [7, 11) is -3.04. The van der Waals surface area contributed by atoms with E-state index in [1.54, 1.807) is 4.90 Å². The molecule has 0 bridgehead atoms. The lowest BCUT2D eigenvalue weighted by atomic mass is 9.94. The molecule has 6 nitrogen and oxygen atoms in total. The second kappa shape index (κ2) is 7.30. The number of fused-ring (bicyclic) bond motifs is 1. The molecule has 2 heterocycles. The maximum absolute atomic E-state index is 13.3. The van der Waals surface area contributed by atoms with E-state index >= 15 is 0 Å². The lowest BCUT2D eigenvalue weighted by Crippen LogP contribution is -2.29. The maximum atomic E-state index is 13.3. The second-order valence-corrected chi connectivity index (χ2v) is 10.2. The van der Waals surface area contributed by atoms with Crippen molar-refractivity contribution in [3.63, 3.8) is 0 Å². The van der Waals surface area contributed by atoms with Crippen molar-refractivity contribution in [1.82, 2.24) is 15.1 Å². The van der Waals surface area contributed by atoms with E-state index in [0.29, 0.717) is 18.7 Å². The minimum atomic E-state index is -3.04. The molecule has 7 heteroatoms. The molecule has 152 valence electrons. The summed E-state index contributed by atoms with van der Waals surface area (Å²) in [5, 5.41) is 9.26. The summed E-state index contributed by atoms with van der Waals surface area (Å²) in [4.78, 5) is 15.0. The fourth-order valence-electron chi connectivity index (χ4n) is 4.41. The van der Waals surface area contributed by atoms with Crippen molar-refractivity contribution >= 4 is 26.5 Å². The van der Waals surface area contributed by atoms with Crippen LogP contribution in [-0.2, 0) is 9.84 Å². The van der Waals surface area contributed by atoms with E-state index in [-0.39, 0.29) is 17.6 Å². The molecule has 1 N–H and O–H groups in total. The van der Waals surface area contributed by atoms with Gasteiger partial charge in [-0.3, -0.25) is 9.89 Å². The number of aromatic nitrogens is 2. The Balaban J connectivity index is 1.71. The number of aryl methyl sites for hydroxylation is 2. The molecule has 1 unspecified atom stereocenters. The molecular formula is C22H25N3O3S. The average molecular weight is 412 g/mol. The number of carbonyl (C=O) groups is 1. The van der Waals surface area contributed by atoms with Crippen LogP contribution in [0.5, 0.6) is 0 Å². The van der Waals surface area contributed by atoms with Crippen molar-refractivity contribution in [2.45, 2.75) is 20.3 Å². The number of sulfone groups is 1. The minimum absolute atomic E-state index is 0.00992.